The van der Waals surface area contributed by atoms with Crippen molar-refractivity contribution < 1.29 is 4.79 Å². The number of thiocarbonyl (C=S) groups is 1. The van der Waals surface area contributed by atoms with Gasteiger partial charge in [0.2, 0.25) is 5.91 Å². The summed E-state index contributed by atoms with van der Waals surface area (Å²) in [6, 6.07) is 11.5. The molecule has 0 aromatic heterocycles. The van der Waals surface area contributed by atoms with E-state index in [4.69, 9.17) is 18.0 Å². The van der Waals surface area contributed by atoms with Gasteiger partial charge in [-0.25, -0.2) is 0 Å². The number of carbonyl (C=O) groups is 1. The van der Waals surface area contributed by atoms with Crippen molar-refractivity contribution in [2.24, 2.45) is 17.1 Å². The molecule has 1 aliphatic heterocycles. The lowest BCUT2D eigenvalue weighted by molar-refractivity contribution is -0.120. The Morgan fingerprint density at radius 3 is 2.61 bits per heavy atom. The number of carbonyl (C=O) groups excluding carboxylic acids is 1. The average molecular weight is 326 g/mol. The van der Waals surface area contributed by atoms with Gasteiger partial charge in [-0.15, -0.1) is 0 Å². The second-order valence-corrected chi connectivity index (χ2v) is 6.48. The lowest BCUT2D eigenvalue weighted by Gasteiger charge is -2.41. The number of hydrogen-bond donors (Lipinski definition) is 3. The fourth-order valence-corrected chi connectivity index (χ4v) is 4.20. The van der Waals surface area contributed by atoms with E-state index in [-0.39, 0.29) is 5.91 Å². The van der Waals surface area contributed by atoms with E-state index in [2.05, 4.69) is 16.7 Å². The maximum absolute atomic E-state index is 12.9. The second kappa shape index (κ2) is 6.01. The zero-order valence-electron chi connectivity index (χ0n) is 12.6. The summed E-state index contributed by atoms with van der Waals surface area (Å²) in [5.41, 5.74) is 6.59. The summed E-state index contributed by atoms with van der Waals surface area (Å²) in [6.45, 7) is 0. The van der Waals surface area contributed by atoms with Crippen LogP contribution >= 0.6 is 12.2 Å². The molecular formula is C17H18N4OS. The maximum Gasteiger partial charge on any atom is 0.235 e. The molecule has 2 aliphatic rings. The van der Waals surface area contributed by atoms with Gasteiger partial charge in [0.1, 0.15) is 5.82 Å². The Kier molecular flexibility index (Phi) is 4.05. The van der Waals surface area contributed by atoms with E-state index in [1.54, 1.807) is 0 Å². The third-order valence-electron chi connectivity index (χ3n) is 4.75. The van der Waals surface area contributed by atoms with Crippen molar-refractivity contribution in [2.45, 2.75) is 25.7 Å². The predicted molar refractivity (Wildman–Crippen MR) is 92.0 cm³/mol. The fraction of sp³-hybridized carbons (Fsp3) is 0.353. The molecule has 1 heterocycles. The predicted octanol–water partition coefficient (Wildman–Crippen LogP) is 2.43. The van der Waals surface area contributed by atoms with E-state index in [9.17, 15) is 10.1 Å². The summed E-state index contributed by atoms with van der Waals surface area (Å²) in [5, 5.41) is 15.3. The molecule has 1 aromatic rings. The van der Waals surface area contributed by atoms with E-state index in [1.165, 1.54) is 0 Å². The van der Waals surface area contributed by atoms with Crippen LogP contribution in [0, 0.1) is 22.7 Å². The first-order valence-electron chi connectivity index (χ1n) is 7.65. The van der Waals surface area contributed by atoms with E-state index < -0.39 is 11.3 Å². The number of benzene rings is 1. The molecule has 0 radical (unpaired) electrons. The highest BCUT2D eigenvalue weighted by Gasteiger charge is 2.53. The van der Waals surface area contributed by atoms with Crippen molar-refractivity contribution in [1.82, 2.24) is 5.32 Å². The van der Waals surface area contributed by atoms with Gasteiger partial charge in [0, 0.05) is 11.1 Å². The van der Waals surface area contributed by atoms with Gasteiger partial charge in [0.15, 0.2) is 0 Å². The van der Waals surface area contributed by atoms with Gasteiger partial charge in [-0.2, -0.15) is 5.26 Å². The summed E-state index contributed by atoms with van der Waals surface area (Å²) in [6.07, 6.45) is 3.45. The molecule has 1 saturated carbocycles. The van der Waals surface area contributed by atoms with Gasteiger partial charge in [0.05, 0.1) is 22.5 Å². The van der Waals surface area contributed by atoms with Crippen molar-refractivity contribution in [3.05, 3.63) is 41.7 Å². The number of nitriles is 1. The summed E-state index contributed by atoms with van der Waals surface area (Å²) in [7, 11) is 0. The van der Waals surface area contributed by atoms with Gasteiger partial charge in [-0.3, -0.25) is 4.79 Å². The number of hydrogen-bond acceptors (Lipinski definition) is 4. The first kappa shape index (κ1) is 15.5. The number of anilines is 1. The van der Waals surface area contributed by atoms with Crippen molar-refractivity contribution in [2.75, 3.05) is 5.32 Å². The Morgan fingerprint density at radius 1 is 1.35 bits per heavy atom. The summed E-state index contributed by atoms with van der Waals surface area (Å²) >= 11 is 5.41. The zero-order valence-corrected chi connectivity index (χ0v) is 13.5. The van der Waals surface area contributed by atoms with E-state index in [1.807, 2.05) is 30.3 Å². The molecule has 1 fully saturated rings. The van der Waals surface area contributed by atoms with Crippen LogP contribution in [0.25, 0.3) is 0 Å². The molecule has 1 atom stereocenters. The number of para-hydroxylation sites is 1. The van der Waals surface area contributed by atoms with E-state index >= 15 is 0 Å². The minimum absolute atomic E-state index is 0.184. The Bertz CT molecular complexity index is 714. The van der Waals surface area contributed by atoms with Gasteiger partial charge in [-0.1, -0.05) is 43.3 Å². The minimum atomic E-state index is -0.569. The molecule has 6 heteroatoms. The lowest BCUT2D eigenvalue weighted by Crippen LogP contribution is -2.53. The number of allylic oxidation sites excluding steroid dienone is 1. The number of nitrogens with one attached hydrogen (secondary N) is 2. The monoisotopic (exact) mass is 326 g/mol. The minimum Gasteiger partial charge on any atom is -0.384 e. The molecule has 23 heavy (non-hydrogen) atoms. The molecule has 1 aliphatic carbocycles. The van der Waals surface area contributed by atoms with Crippen molar-refractivity contribution in [1.29, 1.82) is 5.26 Å². The second-order valence-electron chi connectivity index (χ2n) is 6.04. The smallest absolute Gasteiger partial charge is 0.235 e. The highest BCUT2D eigenvalue weighted by molar-refractivity contribution is 7.80. The van der Waals surface area contributed by atoms with Gasteiger partial charge in [0.25, 0.3) is 0 Å². The SMILES string of the molecule is N#CC1=C(N)NC(=S)[C@@H](C(=O)Nc2ccccc2)C12CCCC2. The number of nitrogens with zero attached hydrogens (tertiary/aromatic N) is 1. The van der Waals surface area contributed by atoms with Crippen LogP contribution in [0.15, 0.2) is 41.7 Å². The third-order valence-corrected chi connectivity index (χ3v) is 5.09. The highest BCUT2D eigenvalue weighted by Crippen LogP contribution is 2.52. The van der Waals surface area contributed by atoms with Crippen LogP contribution in [0.3, 0.4) is 0 Å². The van der Waals surface area contributed by atoms with Gasteiger partial charge >= 0.3 is 0 Å². The first-order valence-corrected chi connectivity index (χ1v) is 8.06. The number of amides is 1. The fourth-order valence-electron chi connectivity index (χ4n) is 3.75. The van der Waals surface area contributed by atoms with Crippen molar-refractivity contribution >= 4 is 28.8 Å². The zero-order chi connectivity index (χ0) is 16.4. The van der Waals surface area contributed by atoms with Crippen LogP contribution in [0.2, 0.25) is 0 Å². The van der Waals surface area contributed by atoms with E-state index in [0.29, 0.717) is 16.4 Å². The quantitative estimate of drug-likeness (QED) is 0.726. The molecule has 0 bridgehead atoms. The van der Waals surface area contributed by atoms with Crippen LogP contribution in [-0.4, -0.2) is 10.9 Å². The average Bonchev–Trinajstić information content (AvgIpc) is 2.97. The maximum atomic E-state index is 12.9. The van der Waals surface area contributed by atoms with Gasteiger partial charge in [-0.05, 0) is 25.0 Å². The Balaban J connectivity index is 1.98. The molecule has 1 spiro atoms. The van der Waals surface area contributed by atoms with E-state index in [0.717, 1.165) is 31.4 Å². The lowest BCUT2D eigenvalue weighted by atomic mass is 9.66. The standard InChI is InChI=1S/C17H18N4OS/c18-10-12-14(19)21-16(23)13(17(12)8-4-5-9-17)15(22)20-11-6-2-1-3-7-11/h1-3,6-7,13H,4-5,8-9,19H2,(H,20,22)(H,21,23)/t13-/m1/s1. The number of nitrogens with two attached hydrogens (primary N) is 1. The van der Waals surface area contributed by atoms with Crippen molar-refractivity contribution in [3.8, 4) is 6.07 Å². The topological polar surface area (TPSA) is 90.9 Å². The molecule has 118 valence electrons. The molecule has 5 nitrogen and oxygen atoms in total. The Hall–Kier alpha value is -2.39. The molecule has 1 amide bonds. The largest absolute Gasteiger partial charge is 0.384 e. The highest BCUT2D eigenvalue weighted by atomic mass is 32.1. The molecule has 3 rings (SSSR count). The number of rotatable bonds is 2. The molecule has 0 unspecified atom stereocenters. The summed E-state index contributed by atoms with van der Waals surface area (Å²) in [5.74, 6) is -0.457. The van der Waals surface area contributed by atoms with Gasteiger partial charge < -0.3 is 16.4 Å². The molecular weight excluding hydrogens is 308 g/mol. The summed E-state index contributed by atoms with van der Waals surface area (Å²) < 4.78 is 0. The van der Waals surface area contributed by atoms with Crippen LogP contribution in [0.1, 0.15) is 25.7 Å². The first-order chi connectivity index (χ1) is 11.1. The van der Waals surface area contributed by atoms with Crippen LogP contribution in [-0.2, 0) is 4.79 Å². The molecule has 0 saturated heterocycles. The summed E-state index contributed by atoms with van der Waals surface area (Å²) in [4.78, 5) is 13.3. The normalized spacial score (nSPS) is 22.6. The Morgan fingerprint density at radius 2 is 2.00 bits per heavy atom. The molecule has 4 N–H and O–H groups in total. The van der Waals surface area contributed by atoms with Crippen LogP contribution in [0.5, 0.6) is 0 Å². The Labute approximate surface area is 140 Å². The molecule has 1 aromatic carbocycles. The van der Waals surface area contributed by atoms with Crippen LogP contribution in [0.4, 0.5) is 5.69 Å². The third kappa shape index (κ3) is 2.57. The van der Waals surface area contributed by atoms with Crippen molar-refractivity contribution in [3.63, 3.8) is 0 Å². The van der Waals surface area contributed by atoms with Crippen LogP contribution < -0.4 is 16.4 Å².